The summed E-state index contributed by atoms with van der Waals surface area (Å²) in [6, 6.07) is 7.25. The minimum absolute atomic E-state index is 0.556. The average molecular weight is 214 g/mol. The molecule has 2 N–H and O–H groups in total. The minimum Gasteiger partial charge on any atom is -0.435 e. The molecule has 0 aliphatic carbocycles. The van der Waals surface area contributed by atoms with Crippen molar-refractivity contribution in [3.05, 3.63) is 30.5 Å². The number of nitrogen functional groups attached to an aromatic ring is 1. The third-order valence-corrected chi connectivity index (χ3v) is 2.45. The zero-order chi connectivity index (χ0) is 11.1. The molecule has 0 aliphatic rings. The van der Waals surface area contributed by atoms with Gasteiger partial charge in [0.2, 0.25) is 5.89 Å². The highest BCUT2D eigenvalue weighted by molar-refractivity contribution is 5.78. The fourth-order valence-corrected chi connectivity index (χ4v) is 1.64. The van der Waals surface area contributed by atoms with E-state index in [1.807, 2.05) is 19.2 Å². The summed E-state index contributed by atoms with van der Waals surface area (Å²) in [5, 5.41) is 4.07. The first-order valence-electron chi connectivity index (χ1n) is 4.88. The van der Waals surface area contributed by atoms with Crippen LogP contribution in [0.15, 0.2) is 34.9 Å². The van der Waals surface area contributed by atoms with Gasteiger partial charge >= 0.3 is 0 Å². The molecule has 0 radical (unpaired) electrons. The van der Waals surface area contributed by atoms with Crippen LogP contribution in [-0.2, 0) is 7.05 Å². The summed E-state index contributed by atoms with van der Waals surface area (Å²) < 4.78 is 7.34. The van der Waals surface area contributed by atoms with Crippen LogP contribution in [0.5, 0.6) is 0 Å². The van der Waals surface area contributed by atoms with Crippen LogP contribution in [0.2, 0.25) is 0 Å². The van der Waals surface area contributed by atoms with Crippen LogP contribution in [0.25, 0.3) is 22.7 Å². The fourth-order valence-electron chi connectivity index (χ4n) is 1.64. The second kappa shape index (κ2) is 3.10. The van der Waals surface area contributed by atoms with Gasteiger partial charge in [-0.05, 0) is 24.3 Å². The van der Waals surface area contributed by atoms with Crippen molar-refractivity contribution in [2.75, 3.05) is 5.73 Å². The first kappa shape index (κ1) is 8.96. The maximum atomic E-state index is 5.68. The first-order valence-corrected chi connectivity index (χ1v) is 4.88. The van der Waals surface area contributed by atoms with Crippen molar-refractivity contribution >= 4 is 16.8 Å². The van der Waals surface area contributed by atoms with Crippen LogP contribution in [0.3, 0.4) is 0 Å². The third-order valence-electron chi connectivity index (χ3n) is 2.45. The molecule has 0 fully saturated rings. The second-order valence-corrected chi connectivity index (χ2v) is 3.59. The predicted octanol–water partition coefficient (Wildman–Crippen LogP) is 1.81. The fraction of sp³-hybridized carbons (Fsp3) is 0.0909. The lowest BCUT2D eigenvalue weighted by molar-refractivity contribution is 0.606. The highest BCUT2D eigenvalue weighted by Crippen LogP contribution is 2.24. The van der Waals surface area contributed by atoms with Crippen molar-refractivity contribution in [2.45, 2.75) is 0 Å². The molecule has 1 aromatic carbocycles. The lowest BCUT2D eigenvalue weighted by Crippen LogP contribution is -1.92. The SMILES string of the molecule is Cn1nccc1-c1nc2cc(N)ccc2o1. The molecule has 0 bridgehead atoms. The van der Waals surface area contributed by atoms with E-state index >= 15 is 0 Å². The number of hydrogen-bond donors (Lipinski definition) is 1. The molecular weight excluding hydrogens is 204 g/mol. The Kier molecular flexibility index (Phi) is 1.73. The van der Waals surface area contributed by atoms with Crippen molar-refractivity contribution in [3.8, 4) is 11.6 Å². The van der Waals surface area contributed by atoms with E-state index in [0.29, 0.717) is 11.6 Å². The van der Waals surface area contributed by atoms with E-state index in [4.69, 9.17) is 10.2 Å². The van der Waals surface area contributed by atoms with Crippen molar-refractivity contribution in [2.24, 2.45) is 7.05 Å². The average Bonchev–Trinajstić information content (AvgIpc) is 2.82. The van der Waals surface area contributed by atoms with Crippen LogP contribution in [-0.4, -0.2) is 14.8 Å². The number of oxazole rings is 1. The largest absolute Gasteiger partial charge is 0.435 e. The zero-order valence-corrected chi connectivity index (χ0v) is 8.71. The van der Waals surface area contributed by atoms with E-state index < -0.39 is 0 Å². The van der Waals surface area contributed by atoms with Crippen molar-refractivity contribution in [1.29, 1.82) is 0 Å². The summed E-state index contributed by atoms with van der Waals surface area (Å²) in [5.74, 6) is 0.556. The molecule has 5 nitrogen and oxygen atoms in total. The lowest BCUT2D eigenvalue weighted by Gasteiger charge is -1.93. The Bertz CT molecular complexity index is 653. The molecule has 0 aliphatic heterocycles. The molecule has 0 unspecified atom stereocenters. The van der Waals surface area contributed by atoms with E-state index in [0.717, 1.165) is 16.8 Å². The summed E-state index contributed by atoms with van der Waals surface area (Å²) in [6.07, 6.45) is 1.71. The molecule has 0 amide bonds. The Morgan fingerprint density at radius 1 is 1.31 bits per heavy atom. The third kappa shape index (κ3) is 1.25. The van der Waals surface area contributed by atoms with Gasteiger partial charge in [-0.1, -0.05) is 0 Å². The molecule has 5 heteroatoms. The molecule has 0 spiro atoms. The molecule has 3 rings (SSSR count). The molecular formula is C11H10N4O. The smallest absolute Gasteiger partial charge is 0.245 e. The Morgan fingerprint density at radius 3 is 2.94 bits per heavy atom. The minimum atomic E-state index is 0.556. The van der Waals surface area contributed by atoms with Gasteiger partial charge in [0.1, 0.15) is 11.2 Å². The number of aromatic nitrogens is 3. The molecule has 3 aromatic rings. The molecule has 2 aromatic heterocycles. The Hall–Kier alpha value is -2.30. The van der Waals surface area contributed by atoms with Crippen LogP contribution in [0.1, 0.15) is 0 Å². The van der Waals surface area contributed by atoms with Gasteiger partial charge in [0.25, 0.3) is 0 Å². The van der Waals surface area contributed by atoms with Gasteiger partial charge in [-0.25, -0.2) is 4.98 Å². The van der Waals surface area contributed by atoms with Crippen LogP contribution < -0.4 is 5.73 Å². The molecule has 80 valence electrons. The van der Waals surface area contributed by atoms with Gasteiger partial charge < -0.3 is 10.2 Å². The van der Waals surface area contributed by atoms with Gasteiger partial charge in [-0.2, -0.15) is 5.10 Å². The number of hydrogen-bond acceptors (Lipinski definition) is 4. The Labute approximate surface area is 91.5 Å². The highest BCUT2D eigenvalue weighted by atomic mass is 16.3. The Balaban J connectivity index is 2.23. The number of benzene rings is 1. The van der Waals surface area contributed by atoms with E-state index in [2.05, 4.69) is 10.1 Å². The number of rotatable bonds is 1. The standard InChI is InChI=1S/C11H10N4O/c1-15-9(4-5-13-15)11-14-8-6-7(12)2-3-10(8)16-11/h2-6H,12H2,1H3. The molecule has 0 atom stereocenters. The number of nitrogens with zero attached hydrogens (tertiary/aromatic N) is 3. The number of anilines is 1. The summed E-state index contributed by atoms with van der Waals surface area (Å²) in [5.41, 5.74) is 8.69. The topological polar surface area (TPSA) is 69.9 Å². The highest BCUT2D eigenvalue weighted by Gasteiger charge is 2.10. The second-order valence-electron chi connectivity index (χ2n) is 3.59. The van der Waals surface area contributed by atoms with E-state index in [1.165, 1.54) is 0 Å². The normalized spacial score (nSPS) is 11.1. The van der Waals surface area contributed by atoms with Crippen LogP contribution in [0, 0.1) is 0 Å². The summed E-state index contributed by atoms with van der Waals surface area (Å²) in [6.45, 7) is 0. The Morgan fingerprint density at radius 2 is 2.19 bits per heavy atom. The molecule has 16 heavy (non-hydrogen) atoms. The van der Waals surface area contributed by atoms with Gasteiger partial charge in [-0.3, -0.25) is 4.68 Å². The van der Waals surface area contributed by atoms with E-state index in [-0.39, 0.29) is 0 Å². The van der Waals surface area contributed by atoms with Crippen molar-refractivity contribution in [1.82, 2.24) is 14.8 Å². The van der Waals surface area contributed by atoms with Gasteiger partial charge in [0.15, 0.2) is 5.58 Å². The van der Waals surface area contributed by atoms with Crippen molar-refractivity contribution < 1.29 is 4.42 Å². The number of nitrogens with two attached hydrogens (primary N) is 1. The molecule has 0 saturated heterocycles. The van der Waals surface area contributed by atoms with Crippen molar-refractivity contribution in [3.63, 3.8) is 0 Å². The van der Waals surface area contributed by atoms with Gasteiger partial charge in [0, 0.05) is 18.9 Å². The van der Waals surface area contributed by atoms with E-state index in [1.54, 1.807) is 23.0 Å². The molecule has 0 saturated carbocycles. The number of aryl methyl sites for hydroxylation is 1. The lowest BCUT2D eigenvalue weighted by atomic mass is 10.3. The maximum absolute atomic E-state index is 5.68. The summed E-state index contributed by atoms with van der Waals surface area (Å²) in [4.78, 5) is 4.37. The van der Waals surface area contributed by atoms with Crippen LogP contribution >= 0.6 is 0 Å². The first-order chi connectivity index (χ1) is 7.74. The van der Waals surface area contributed by atoms with Gasteiger partial charge in [-0.15, -0.1) is 0 Å². The summed E-state index contributed by atoms with van der Waals surface area (Å²) in [7, 11) is 1.85. The van der Waals surface area contributed by atoms with Crippen LogP contribution in [0.4, 0.5) is 5.69 Å². The number of fused-ring (bicyclic) bond motifs is 1. The molecule has 2 heterocycles. The zero-order valence-electron chi connectivity index (χ0n) is 8.71. The predicted molar refractivity (Wildman–Crippen MR) is 60.6 cm³/mol. The maximum Gasteiger partial charge on any atom is 0.245 e. The van der Waals surface area contributed by atoms with E-state index in [9.17, 15) is 0 Å². The monoisotopic (exact) mass is 214 g/mol. The van der Waals surface area contributed by atoms with Gasteiger partial charge in [0.05, 0.1) is 0 Å². The quantitative estimate of drug-likeness (QED) is 0.627. The summed E-state index contributed by atoms with van der Waals surface area (Å²) >= 11 is 0.